The summed E-state index contributed by atoms with van der Waals surface area (Å²) < 4.78 is 0. The van der Waals surface area contributed by atoms with Crippen molar-refractivity contribution in [3.05, 3.63) is 27.8 Å². The average molecular weight is 205 g/mol. The molecular formula is C13H19NO. The Morgan fingerprint density at radius 2 is 1.60 bits per heavy atom. The van der Waals surface area contributed by atoms with Crippen LogP contribution in [0.1, 0.15) is 40.7 Å². The summed E-state index contributed by atoms with van der Waals surface area (Å²) in [4.78, 5) is 0. The van der Waals surface area contributed by atoms with E-state index in [1.807, 2.05) is 6.92 Å². The summed E-state index contributed by atoms with van der Waals surface area (Å²) in [5, 5.41) is 10.1. The van der Waals surface area contributed by atoms with Gasteiger partial charge in [-0.15, -0.1) is 0 Å². The van der Waals surface area contributed by atoms with Crippen molar-refractivity contribution in [3.63, 3.8) is 0 Å². The molecule has 1 aromatic rings. The molecular weight excluding hydrogens is 186 g/mol. The van der Waals surface area contributed by atoms with E-state index in [9.17, 15) is 5.11 Å². The molecule has 3 N–H and O–H groups in total. The van der Waals surface area contributed by atoms with Crippen LogP contribution in [0.2, 0.25) is 0 Å². The highest BCUT2D eigenvalue weighted by Crippen LogP contribution is 2.36. The molecule has 0 saturated heterocycles. The zero-order valence-electron chi connectivity index (χ0n) is 9.56. The number of phenols is 1. The van der Waals surface area contributed by atoms with Crippen LogP contribution in [0.4, 0.5) is 0 Å². The Morgan fingerprint density at radius 3 is 2.13 bits per heavy atom. The second kappa shape index (κ2) is 3.86. The van der Waals surface area contributed by atoms with E-state index in [4.69, 9.17) is 5.73 Å². The average Bonchev–Trinajstić information content (AvgIpc) is 2.27. The quantitative estimate of drug-likeness (QED) is 0.739. The smallest absolute Gasteiger partial charge is 0.123 e. The Bertz CT molecular complexity index is 396. The van der Waals surface area contributed by atoms with E-state index in [0.717, 1.165) is 24.0 Å². The van der Waals surface area contributed by atoms with Crippen LogP contribution >= 0.6 is 0 Å². The van der Waals surface area contributed by atoms with E-state index >= 15 is 0 Å². The third kappa shape index (κ3) is 1.53. The molecule has 1 aromatic carbocycles. The van der Waals surface area contributed by atoms with Gasteiger partial charge in [-0.05, 0) is 61.8 Å². The van der Waals surface area contributed by atoms with Crippen molar-refractivity contribution in [3.8, 4) is 5.75 Å². The van der Waals surface area contributed by atoms with Crippen LogP contribution in [0.25, 0.3) is 0 Å². The van der Waals surface area contributed by atoms with Crippen LogP contribution < -0.4 is 5.73 Å². The number of nitrogens with two attached hydrogens (primary N) is 1. The van der Waals surface area contributed by atoms with Crippen molar-refractivity contribution in [1.82, 2.24) is 0 Å². The van der Waals surface area contributed by atoms with E-state index in [2.05, 4.69) is 6.92 Å². The summed E-state index contributed by atoms with van der Waals surface area (Å²) in [6.45, 7) is 4.54. The number of rotatable bonds is 1. The summed E-state index contributed by atoms with van der Waals surface area (Å²) >= 11 is 0. The SMILES string of the molecule is Cc1c(O)c(CN)c(C)c2c1CCCC2. The van der Waals surface area contributed by atoms with Crippen molar-refractivity contribution < 1.29 is 5.11 Å². The Morgan fingerprint density at radius 1 is 1.07 bits per heavy atom. The number of benzene rings is 1. The maximum Gasteiger partial charge on any atom is 0.123 e. The van der Waals surface area contributed by atoms with Crippen molar-refractivity contribution in [1.29, 1.82) is 0 Å². The van der Waals surface area contributed by atoms with Gasteiger partial charge in [0.05, 0.1) is 0 Å². The first kappa shape index (κ1) is 10.5. The lowest BCUT2D eigenvalue weighted by molar-refractivity contribution is 0.460. The molecule has 0 amide bonds. The van der Waals surface area contributed by atoms with Gasteiger partial charge in [0.2, 0.25) is 0 Å². The summed E-state index contributed by atoms with van der Waals surface area (Å²) in [5.74, 6) is 0.427. The highest BCUT2D eigenvalue weighted by atomic mass is 16.3. The molecule has 0 aromatic heterocycles. The fourth-order valence-electron chi connectivity index (χ4n) is 2.71. The second-order valence-corrected chi connectivity index (χ2v) is 4.45. The van der Waals surface area contributed by atoms with Crippen LogP contribution in [-0.4, -0.2) is 5.11 Å². The lowest BCUT2D eigenvalue weighted by Gasteiger charge is -2.24. The van der Waals surface area contributed by atoms with Crippen LogP contribution in [0.15, 0.2) is 0 Å². The van der Waals surface area contributed by atoms with Crippen molar-refractivity contribution >= 4 is 0 Å². The van der Waals surface area contributed by atoms with Crippen molar-refractivity contribution in [2.75, 3.05) is 0 Å². The molecule has 2 nitrogen and oxygen atoms in total. The third-order valence-corrected chi connectivity index (χ3v) is 3.67. The van der Waals surface area contributed by atoms with E-state index in [1.54, 1.807) is 0 Å². The minimum atomic E-state index is 0.427. The monoisotopic (exact) mass is 205 g/mol. The lowest BCUT2D eigenvalue weighted by Crippen LogP contribution is -2.11. The van der Waals surface area contributed by atoms with Gasteiger partial charge in [-0.1, -0.05) is 0 Å². The zero-order chi connectivity index (χ0) is 11.0. The maximum atomic E-state index is 10.1. The van der Waals surface area contributed by atoms with Gasteiger partial charge in [-0.3, -0.25) is 0 Å². The Hall–Kier alpha value is -1.02. The van der Waals surface area contributed by atoms with Crippen LogP contribution in [0.3, 0.4) is 0 Å². The van der Waals surface area contributed by atoms with Crippen molar-refractivity contribution in [2.45, 2.75) is 46.1 Å². The number of aromatic hydroxyl groups is 1. The Kier molecular flexibility index (Phi) is 2.70. The second-order valence-electron chi connectivity index (χ2n) is 4.45. The first-order valence-corrected chi connectivity index (χ1v) is 5.69. The van der Waals surface area contributed by atoms with Gasteiger partial charge in [-0.2, -0.15) is 0 Å². The highest BCUT2D eigenvalue weighted by Gasteiger charge is 2.20. The third-order valence-electron chi connectivity index (χ3n) is 3.67. The first-order valence-electron chi connectivity index (χ1n) is 5.69. The molecule has 2 heteroatoms. The Balaban J connectivity index is 2.69. The molecule has 82 valence electrons. The molecule has 0 fully saturated rings. The molecule has 15 heavy (non-hydrogen) atoms. The van der Waals surface area contributed by atoms with Crippen LogP contribution in [0, 0.1) is 13.8 Å². The fraction of sp³-hybridized carbons (Fsp3) is 0.538. The molecule has 2 rings (SSSR count). The molecule has 0 saturated carbocycles. The van der Waals surface area contributed by atoms with Gasteiger partial charge in [0, 0.05) is 12.1 Å². The molecule has 0 spiro atoms. The van der Waals surface area contributed by atoms with E-state index < -0.39 is 0 Å². The molecule has 1 aliphatic rings. The van der Waals surface area contributed by atoms with E-state index in [0.29, 0.717) is 12.3 Å². The molecule has 0 aliphatic heterocycles. The molecule has 0 heterocycles. The lowest BCUT2D eigenvalue weighted by atomic mass is 9.83. The first-order chi connectivity index (χ1) is 7.16. The predicted octanol–water partition coefficient (Wildman–Crippen LogP) is 2.35. The summed E-state index contributed by atoms with van der Waals surface area (Å²) in [6, 6.07) is 0. The highest BCUT2D eigenvalue weighted by molar-refractivity contribution is 5.55. The normalized spacial score (nSPS) is 15.1. The number of hydrogen-bond donors (Lipinski definition) is 2. The molecule has 0 unspecified atom stereocenters. The molecule has 0 radical (unpaired) electrons. The van der Waals surface area contributed by atoms with Crippen molar-refractivity contribution in [2.24, 2.45) is 5.73 Å². The van der Waals surface area contributed by atoms with E-state index in [1.165, 1.54) is 29.5 Å². The topological polar surface area (TPSA) is 46.2 Å². The number of fused-ring (bicyclic) bond motifs is 1. The number of hydrogen-bond acceptors (Lipinski definition) is 2. The predicted molar refractivity (Wildman–Crippen MR) is 62.1 cm³/mol. The van der Waals surface area contributed by atoms with Gasteiger partial charge in [0.1, 0.15) is 5.75 Å². The number of phenolic OH excluding ortho intramolecular Hbond substituents is 1. The fourth-order valence-corrected chi connectivity index (χ4v) is 2.71. The van der Waals surface area contributed by atoms with Gasteiger partial charge < -0.3 is 10.8 Å². The minimum Gasteiger partial charge on any atom is -0.507 e. The summed E-state index contributed by atoms with van der Waals surface area (Å²) in [6.07, 6.45) is 4.77. The minimum absolute atomic E-state index is 0.427. The zero-order valence-corrected chi connectivity index (χ0v) is 9.56. The van der Waals surface area contributed by atoms with Gasteiger partial charge in [0.25, 0.3) is 0 Å². The summed E-state index contributed by atoms with van der Waals surface area (Å²) in [5.41, 5.74) is 11.7. The van der Waals surface area contributed by atoms with Crippen LogP contribution in [0.5, 0.6) is 5.75 Å². The van der Waals surface area contributed by atoms with E-state index in [-0.39, 0.29) is 0 Å². The molecule has 0 atom stereocenters. The van der Waals surface area contributed by atoms with Gasteiger partial charge >= 0.3 is 0 Å². The molecule has 0 bridgehead atoms. The summed E-state index contributed by atoms with van der Waals surface area (Å²) in [7, 11) is 0. The molecule has 1 aliphatic carbocycles. The largest absolute Gasteiger partial charge is 0.507 e. The van der Waals surface area contributed by atoms with Crippen LogP contribution in [-0.2, 0) is 19.4 Å². The maximum absolute atomic E-state index is 10.1. The standard InChI is InChI=1S/C13H19NO/c1-8-10-5-3-4-6-11(10)9(2)13(15)12(8)7-14/h15H,3-7,14H2,1-2H3. The Labute approximate surface area is 91.1 Å². The van der Waals surface area contributed by atoms with Gasteiger partial charge in [0.15, 0.2) is 0 Å². The van der Waals surface area contributed by atoms with Gasteiger partial charge in [-0.25, -0.2) is 0 Å².